The van der Waals surface area contributed by atoms with Crippen LogP contribution >= 0.6 is 0 Å². The summed E-state index contributed by atoms with van der Waals surface area (Å²) in [5.41, 5.74) is 6.82. The highest BCUT2D eigenvalue weighted by atomic mass is 16.1. The van der Waals surface area contributed by atoms with Crippen LogP contribution in [0.5, 0.6) is 0 Å². The molecule has 0 fully saturated rings. The van der Waals surface area contributed by atoms with E-state index in [1.165, 1.54) is 16.7 Å². The van der Waals surface area contributed by atoms with Crippen LogP contribution in [0.3, 0.4) is 0 Å². The minimum atomic E-state index is 0.792. The normalized spacial score (nSPS) is 9.14. The maximum Gasteiger partial charge on any atom is 0.150 e. The Morgan fingerprint density at radius 1 is 0.955 bits per heavy atom. The fraction of sp³-hybridized carbons (Fsp3) is 0.286. The minimum Gasteiger partial charge on any atom is -0.298 e. The molecule has 22 heavy (non-hydrogen) atoms. The average Bonchev–Trinajstić information content (AvgIpc) is 2.52. The molecule has 2 rings (SSSR count). The molecule has 0 bridgehead atoms. The van der Waals surface area contributed by atoms with E-state index in [9.17, 15) is 4.79 Å². The van der Waals surface area contributed by atoms with Gasteiger partial charge in [-0.3, -0.25) is 4.79 Å². The van der Waals surface area contributed by atoms with Gasteiger partial charge in [-0.15, -0.1) is 0 Å². The third kappa shape index (κ3) is 5.22. The van der Waals surface area contributed by atoms with Gasteiger partial charge in [0.2, 0.25) is 0 Å². The Balaban J connectivity index is 0.000000224. The molecular formula is C21H24O. The molecular weight excluding hydrogens is 268 g/mol. The molecule has 0 radical (unpaired) electrons. The molecule has 0 aliphatic rings. The summed E-state index contributed by atoms with van der Waals surface area (Å²) in [7, 11) is 0. The van der Waals surface area contributed by atoms with Crippen LogP contribution < -0.4 is 0 Å². The third-order valence-corrected chi connectivity index (χ3v) is 3.69. The van der Waals surface area contributed by atoms with E-state index < -0.39 is 0 Å². The first kappa shape index (κ1) is 17.7. The molecule has 0 aliphatic heterocycles. The third-order valence-electron chi connectivity index (χ3n) is 3.69. The van der Waals surface area contributed by atoms with E-state index >= 15 is 0 Å². The lowest BCUT2D eigenvalue weighted by molar-refractivity contribution is 0.112. The van der Waals surface area contributed by atoms with E-state index in [0.717, 1.165) is 29.4 Å². The molecule has 2 aromatic carbocycles. The van der Waals surface area contributed by atoms with E-state index in [1.807, 2.05) is 32.0 Å². The molecule has 0 heterocycles. The zero-order valence-electron chi connectivity index (χ0n) is 14.2. The smallest absolute Gasteiger partial charge is 0.150 e. The zero-order chi connectivity index (χ0) is 16.5. The summed E-state index contributed by atoms with van der Waals surface area (Å²) in [5.74, 6) is 6.17. The molecule has 0 spiro atoms. The molecule has 0 N–H and O–H groups in total. The van der Waals surface area contributed by atoms with Crippen molar-refractivity contribution in [1.29, 1.82) is 0 Å². The van der Waals surface area contributed by atoms with E-state index in [0.29, 0.717) is 0 Å². The minimum absolute atomic E-state index is 0.792. The fourth-order valence-corrected chi connectivity index (χ4v) is 1.91. The Kier molecular flexibility index (Phi) is 7.13. The Labute approximate surface area is 134 Å². The molecule has 0 saturated heterocycles. The first-order chi connectivity index (χ1) is 10.5. The number of aryl methyl sites for hydroxylation is 3. The van der Waals surface area contributed by atoms with Crippen molar-refractivity contribution in [3.8, 4) is 11.8 Å². The monoisotopic (exact) mass is 292 g/mol. The second-order valence-corrected chi connectivity index (χ2v) is 5.36. The Morgan fingerprint density at radius 2 is 1.68 bits per heavy atom. The number of benzene rings is 2. The average molecular weight is 292 g/mol. The summed E-state index contributed by atoms with van der Waals surface area (Å²) < 4.78 is 0. The van der Waals surface area contributed by atoms with Crippen molar-refractivity contribution < 1.29 is 4.79 Å². The number of aldehydes is 1. The van der Waals surface area contributed by atoms with Crippen LogP contribution in [-0.4, -0.2) is 6.29 Å². The standard InChI is InChI=1S/C12H14.C9H10O/c1-4-5-6-12-8-7-10(2)11(3)9-12;1-7-4-3-5-9(6-10)8(7)2/h7-9H,4H2,1-3H3;3-6H,1-2H3. The number of hydrogen-bond acceptors (Lipinski definition) is 1. The molecule has 0 atom stereocenters. The van der Waals surface area contributed by atoms with Gasteiger partial charge in [0.1, 0.15) is 6.29 Å². The summed E-state index contributed by atoms with van der Waals surface area (Å²) in [6.45, 7) is 10.3. The quantitative estimate of drug-likeness (QED) is 0.523. The van der Waals surface area contributed by atoms with E-state index in [-0.39, 0.29) is 0 Å². The molecule has 0 aromatic heterocycles. The Morgan fingerprint density at radius 3 is 2.23 bits per heavy atom. The van der Waals surface area contributed by atoms with Crippen molar-refractivity contribution in [2.24, 2.45) is 0 Å². The summed E-state index contributed by atoms with van der Waals surface area (Å²) in [6, 6.07) is 12.1. The highest BCUT2D eigenvalue weighted by Gasteiger charge is 1.96. The summed E-state index contributed by atoms with van der Waals surface area (Å²) >= 11 is 0. The Bertz CT molecular complexity index is 700. The maximum atomic E-state index is 10.4. The van der Waals surface area contributed by atoms with Gasteiger partial charge in [-0.05, 0) is 62.1 Å². The molecule has 1 heteroatoms. The predicted octanol–water partition coefficient (Wildman–Crippen LogP) is 5.18. The second-order valence-electron chi connectivity index (χ2n) is 5.36. The lowest BCUT2D eigenvalue weighted by Crippen LogP contribution is -1.87. The first-order valence-electron chi connectivity index (χ1n) is 7.57. The van der Waals surface area contributed by atoms with Crippen LogP contribution in [0.15, 0.2) is 36.4 Å². The van der Waals surface area contributed by atoms with Gasteiger partial charge in [0.25, 0.3) is 0 Å². The number of carbonyl (C=O) groups is 1. The second kappa shape index (κ2) is 8.85. The van der Waals surface area contributed by atoms with Crippen LogP contribution in [0.4, 0.5) is 0 Å². The van der Waals surface area contributed by atoms with Crippen molar-refractivity contribution in [3.05, 3.63) is 69.8 Å². The number of carbonyl (C=O) groups excluding carboxylic acids is 1. The molecule has 2 aromatic rings. The molecule has 0 saturated carbocycles. The SMILES string of the molecule is CCC#Cc1ccc(C)c(C)c1.Cc1cccc(C=O)c1C. The highest BCUT2D eigenvalue weighted by molar-refractivity contribution is 5.77. The van der Waals surface area contributed by atoms with Gasteiger partial charge < -0.3 is 0 Å². The molecule has 0 unspecified atom stereocenters. The van der Waals surface area contributed by atoms with Crippen molar-refractivity contribution in [2.45, 2.75) is 41.0 Å². The van der Waals surface area contributed by atoms with Crippen molar-refractivity contribution in [1.82, 2.24) is 0 Å². The van der Waals surface area contributed by atoms with E-state index in [2.05, 4.69) is 50.8 Å². The Hall–Kier alpha value is -2.33. The van der Waals surface area contributed by atoms with Gasteiger partial charge >= 0.3 is 0 Å². The predicted molar refractivity (Wildman–Crippen MR) is 94.4 cm³/mol. The molecule has 1 nitrogen and oxygen atoms in total. The van der Waals surface area contributed by atoms with Crippen LogP contribution in [0.25, 0.3) is 0 Å². The van der Waals surface area contributed by atoms with Gasteiger partial charge in [0, 0.05) is 17.5 Å². The maximum absolute atomic E-state index is 10.4. The summed E-state index contributed by atoms with van der Waals surface area (Å²) in [6.07, 6.45) is 1.81. The first-order valence-corrected chi connectivity index (χ1v) is 7.57. The zero-order valence-corrected chi connectivity index (χ0v) is 14.2. The molecule has 0 aliphatic carbocycles. The van der Waals surface area contributed by atoms with Crippen LogP contribution in [0.2, 0.25) is 0 Å². The highest BCUT2D eigenvalue weighted by Crippen LogP contribution is 2.09. The van der Waals surface area contributed by atoms with Gasteiger partial charge in [-0.25, -0.2) is 0 Å². The van der Waals surface area contributed by atoms with Gasteiger partial charge in [-0.2, -0.15) is 0 Å². The van der Waals surface area contributed by atoms with Crippen molar-refractivity contribution >= 4 is 6.29 Å². The lowest BCUT2D eigenvalue weighted by Gasteiger charge is -1.99. The molecule has 0 amide bonds. The lowest BCUT2D eigenvalue weighted by atomic mass is 10.1. The topological polar surface area (TPSA) is 17.1 Å². The largest absolute Gasteiger partial charge is 0.298 e. The van der Waals surface area contributed by atoms with Crippen LogP contribution in [0.1, 0.15) is 51.5 Å². The van der Waals surface area contributed by atoms with Crippen molar-refractivity contribution in [3.63, 3.8) is 0 Å². The van der Waals surface area contributed by atoms with Gasteiger partial charge in [0.05, 0.1) is 0 Å². The number of hydrogen-bond donors (Lipinski definition) is 0. The van der Waals surface area contributed by atoms with Crippen LogP contribution in [0, 0.1) is 39.5 Å². The molecule has 114 valence electrons. The van der Waals surface area contributed by atoms with Crippen LogP contribution in [-0.2, 0) is 0 Å². The summed E-state index contributed by atoms with van der Waals surface area (Å²) in [4.78, 5) is 10.4. The van der Waals surface area contributed by atoms with E-state index in [4.69, 9.17) is 0 Å². The van der Waals surface area contributed by atoms with Gasteiger partial charge in [-0.1, -0.05) is 43.0 Å². The van der Waals surface area contributed by atoms with Gasteiger partial charge in [0.15, 0.2) is 0 Å². The summed E-state index contributed by atoms with van der Waals surface area (Å²) in [5, 5.41) is 0. The fourth-order valence-electron chi connectivity index (χ4n) is 1.91. The number of rotatable bonds is 1. The van der Waals surface area contributed by atoms with Crippen molar-refractivity contribution in [2.75, 3.05) is 0 Å². The van der Waals surface area contributed by atoms with E-state index in [1.54, 1.807) is 0 Å².